The lowest BCUT2D eigenvalue weighted by molar-refractivity contribution is -0.165. The summed E-state index contributed by atoms with van der Waals surface area (Å²) in [7, 11) is 0. The first-order chi connectivity index (χ1) is 6.34. The van der Waals surface area contributed by atoms with Crippen LogP contribution in [0.15, 0.2) is 24.3 Å². The molecular weight excluding hydrogens is 172 g/mol. The molecule has 1 unspecified atom stereocenters. The summed E-state index contributed by atoms with van der Waals surface area (Å²) in [4.78, 5) is 0. The van der Waals surface area contributed by atoms with Crippen LogP contribution in [0.4, 0.5) is 0 Å². The topological polar surface area (TPSA) is 58.9 Å². The fourth-order valence-electron chi connectivity index (χ4n) is 0.973. The molecule has 13 heavy (non-hydrogen) atoms. The van der Waals surface area contributed by atoms with Gasteiger partial charge in [0.05, 0.1) is 19.8 Å². The Hall–Kier alpha value is -0.680. The first kappa shape index (κ1) is 10.4. The molecule has 1 atom stereocenters. The highest BCUT2D eigenvalue weighted by Crippen LogP contribution is 2.06. The minimum atomic E-state index is -0.827. The largest absolute Gasteiger partial charge is 0.392 e. The van der Waals surface area contributed by atoms with E-state index in [1.165, 1.54) is 12.2 Å². The molecule has 1 aliphatic rings. The third-order valence-corrected chi connectivity index (χ3v) is 1.60. The summed E-state index contributed by atoms with van der Waals surface area (Å²) in [6, 6.07) is 0. The van der Waals surface area contributed by atoms with Crippen LogP contribution in [0, 0.1) is 0 Å². The molecule has 0 bridgehead atoms. The van der Waals surface area contributed by atoms with Crippen LogP contribution in [-0.2, 0) is 9.47 Å². The number of rotatable bonds is 3. The van der Waals surface area contributed by atoms with E-state index in [0.29, 0.717) is 13.2 Å². The van der Waals surface area contributed by atoms with Crippen LogP contribution < -0.4 is 0 Å². The van der Waals surface area contributed by atoms with Gasteiger partial charge in [-0.1, -0.05) is 24.3 Å². The van der Waals surface area contributed by atoms with Crippen LogP contribution >= 0.6 is 0 Å². The number of hydrogen-bond acceptors (Lipinski definition) is 4. The maximum Gasteiger partial charge on any atom is 0.187 e. The second kappa shape index (κ2) is 5.88. The number of hydrogen-bond donors (Lipinski definition) is 2. The molecule has 0 aliphatic carbocycles. The Bertz CT molecular complexity index is 178. The lowest BCUT2D eigenvalue weighted by atomic mass is 10.3. The van der Waals surface area contributed by atoms with Gasteiger partial charge in [-0.05, 0) is 0 Å². The lowest BCUT2D eigenvalue weighted by Crippen LogP contribution is -2.29. The molecule has 1 heterocycles. The van der Waals surface area contributed by atoms with Crippen LogP contribution in [-0.4, -0.2) is 42.4 Å². The van der Waals surface area contributed by atoms with E-state index in [4.69, 9.17) is 14.6 Å². The van der Waals surface area contributed by atoms with E-state index in [1.54, 1.807) is 0 Å². The fraction of sp³-hybridized carbons (Fsp3) is 0.556. The van der Waals surface area contributed by atoms with E-state index in [2.05, 4.69) is 0 Å². The van der Waals surface area contributed by atoms with Crippen molar-refractivity contribution >= 4 is 0 Å². The Labute approximate surface area is 77.1 Å². The Balaban J connectivity index is 2.37. The second-order valence-electron chi connectivity index (χ2n) is 2.61. The minimum Gasteiger partial charge on any atom is -0.392 e. The second-order valence-corrected chi connectivity index (χ2v) is 2.61. The van der Waals surface area contributed by atoms with Gasteiger partial charge in [0.15, 0.2) is 6.29 Å². The van der Waals surface area contributed by atoms with Crippen molar-refractivity contribution < 1.29 is 19.7 Å². The summed E-state index contributed by atoms with van der Waals surface area (Å²) < 4.78 is 10.3. The van der Waals surface area contributed by atoms with E-state index < -0.39 is 12.4 Å². The van der Waals surface area contributed by atoms with Crippen LogP contribution in [0.25, 0.3) is 0 Å². The van der Waals surface area contributed by atoms with E-state index in [-0.39, 0.29) is 6.61 Å². The summed E-state index contributed by atoms with van der Waals surface area (Å²) in [5, 5.41) is 17.9. The number of aliphatic hydroxyl groups excluding tert-OH is 2. The Morgan fingerprint density at radius 2 is 2.00 bits per heavy atom. The summed E-state index contributed by atoms with van der Waals surface area (Å²) >= 11 is 0. The van der Waals surface area contributed by atoms with E-state index in [1.807, 2.05) is 12.2 Å². The van der Waals surface area contributed by atoms with Crippen molar-refractivity contribution in [2.45, 2.75) is 12.4 Å². The third kappa shape index (κ3) is 3.69. The van der Waals surface area contributed by atoms with E-state index >= 15 is 0 Å². The van der Waals surface area contributed by atoms with Gasteiger partial charge in [0.1, 0.15) is 6.10 Å². The average molecular weight is 186 g/mol. The summed E-state index contributed by atoms with van der Waals surface area (Å²) in [6.07, 6.45) is 5.11. The highest BCUT2D eigenvalue weighted by molar-refractivity contribution is 4.92. The Morgan fingerprint density at radius 3 is 2.54 bits per heavy atom. The van der Waals surface area contributed by atoms with Crippen molar-refractivity contribution in [3.63, 3.8) is 0 Å². The smallest absolute Gasteiger partial charge is 0.187 e. The predicted octanol–water partition coefficient (Wildman–Crippen LogP) is -0.175. The van der Waals surface area contributed by atoms with Gasteiger partial charge < -0.3 is 19.7 Å². The molecule has 1 rings (SSSR count). The number of ether oxygens (including phenoxy) is 2. The SMILES string of the molecule is OCC=CC(O)C1OCC=CCO1. The maximum absolute atomic E-state index is 9.45. The summed E-state index contributed by atoms with van der Waals surface area (Å²) in [5.41, 5.74) is 0. The van der Waals surface area contributed by atoms with Crippen LogP contribution in [0.2, 0.25) is 0 Å². The third-order valence-electron chi connectivity index (χ3n) is 1.60. The van der Waals surface area contributed by atoms with Crippen molar-refractivity contribution in [2.75, 3.05) is 19.8 Å². The molecule has 1 aliphatic heterocycles. The molecule has 0 fully saturated rings. The molecule has 4 nitrogen and oxygen atoms in total. The molecule has 0 saturated carbocycles. The van der Waals surface area contributed by atoms with Gasteiger partial charge in [0.25, 0.3) is 0 Å². The Morgan fingerprint density at radius 1 is 1.38 bits per heavy atom. The van der Waals surface area contributed by atoms with Crippen molar-refractivity contribution in [1.82, 2.24) is 0 Å². The summed E-state index contributed by atoms with van der Waals surface area (Å²) in [6.45, 7) is 0.783. The maximum atomic E-state index is 9.45. The van der Waals surface area contributed by atoms with Gasteiger partial charge in [-0.25, -0.2) is 0 Å². The normalized spacial score (nSPS) is 22.0. The quantitative estimate of drug-likeness (QED) is 0.600. The molecule has 0 radical (unpaired) electrons. The zero-order chi connectivity index (χ0) is 9.52. The molecule has 0 aromatic carbocycles. The molecule has 74 valence electrons. The van der Waals surface area contributed by atoms with Gasteiger partial charge in [-0.15, -0.1) is 0 Å². The average Bonchev–Trinajstić information content (AvgIpc) is 2.42. The molecule has 0 aromatic heterocycles. The predicted molar refractivity (Wildman–Crippen MR) is 47.1 cm³/mol. The van der Waals surface area contributed by atoms with Gasteiger partial charge >= 0.3 is 0 Å². The summed E-state index contributed by atoms with van der Waals surface area (Å²) in [5.74, 6) is 0. The van der Waals surface area contributed by atoms with Crippen LogP contribution in [0.5, 0.6) is 0 Å². The van der Waals surface area contributed by atoms with Gasteiger partial charge in [-0.3, -0.25) is 0 Å². The standard InChI is InChI=1S/C9H14O4/c10-5-3-4-8(11)9-12-6-1-2-7-13-9/h1-4,8-11H,5-7H2. The van der Waals surface area contributed by atoms with E-state index in [9.17, 15) is 5.11 Å². The van der Waals surface area contributed by atoms with Gasteiger partial charge in [-0.2, -0.15) is 0 Å². The van der Waals surface area contributed by atoms with Crippen LogP contribution in [0.1, 0.15) is 0 Å². The minimum absolute atomic E-state index is 0.0952. The van der Waals surface area contributed by atoms with Gasteiger partial charge in [0.2, 0.25) is 0 Å². The van der Waals surface area contributed by atoms with Crippen molar-refractivity contribution in [3.05, 3.63) is 24.3 Å². The highest BCUT2D eigenvalue weighted by atomic mass is 16.7. The highest BCUT2D eigenvalue weighted by Gasteiger charge is 2.17. The molecule has 0 aromatic rings. The molecule has 2 N–H and O–H groups in total. The first-order valence-electron chi connectivity index (χ1n) is 4.18. The zero-order valence-electron chi connectivity index (χ0n) is 7.30. The molecular formula is C9H14O4. The molecule has 0 spiro atoms. The van der Waals surface area contributed by atoms with E-state index in [0.717, 1.165) is 0 Å². The van der Waals surface area contributed by atoms with Crippen molar-refractivity contribution in [2.24, 2.45) is 0 Å². The Kier molecular flexibility index (Phi) is 4.70. The van der Waals surface area contributed by atoms with Crippen molar-refractivity contribution in [1.29, 1.82) is 0 Å². The first-order valence-corrected chi connectivity index (χ1v) is 4.18. The van der Waals surface area contributed by atoms with Crippen LogP contribution in [0.3, 0.4) is 0 Å². The van der Waals surface area contributed by atoms with Crippen molar-refractivity contribution in [3.8, 4) is 0 Å². The fourth-order valence-corrected chi connectivity index (χ4v) is 0.973. The molecule has 0 saturated heterocycles. The number of aliphatic hydroxyl groups is 2. The molecule has 0 amide bonds. The van der Waals surface area contributed by atoms with Gasteiger partial charge in [0, 0.05) is 0 Å². The molecule has 4 heteroatoms. The monoisotopic (exact) mass is 186 g/mol. The zero-order valence-corrected chi connectivity index (χ0v) is 7.30. The lowest BCUT2D eigenvalue weighted by Gasteiger charge is -2.18.